The fourth-order valence-corrected chi connectivity index (χ4v) is 2.18. The standard InChI is InChI=1S/C10H8N2O2.C10H11N/c1-6-8(10(14)9(6)13)12-7-2-4-11-5-3-7;1-8(2)10-5-3-9(7-11)4-6-10/h2-5H,1H3,(H,11,12);3-6,8H,1-2H3. The van der Waals surface area contributed by atoms with Gasteiger partial charge in [0.2, 0.25) is 10.9 Å². The topological polar surface area (TPSA) is 82.8 Å². The number of hydrogen-bond donors (Lipinski definition) is 1. The SMILES string of the molecule is CC(C)c1ccc(C#N)cc1.Cc1c(Nc2ccncc2)c(=O)c1=O. The number of aromatic nitrogens is 1. The number of benzene rings is 1. The minimum atomic E-state index is -0.445. The molecule has 3 rings (SSSR count). The van der Waals surface area contributed by atoms with Crippen molar-refractivity contribution in [1.82, 2.24) is 4.98 Å². The molecule has 5 nitrogen and oxygen atoms in total. The number of nitrogens with zero attached hydrogens (tertiary/aromatic N) is 2. The van der Waals surface area contributed by atoms with Crippen LogP contribution in [0.5, 0.6) is 0 Å². The maximum absolute atomic E-state index is 11.1. The normalized spacial score (nSPS) is 10.0. The van der Waals surface area contributed by atoms with E-state index >= 15 is 0 Å². The second kappa shape index (κ2) is 8.02. The number of rotatable bonds is 3. The Balaban J connectivity index is 0.000000186. The van der Waals surface area contributed by atoms with Gasteiger partial charge in [0.15, 0.2) is 0 Å². The van der Waals surface area contributed by atoms with Crippen LogP contribution in [0.2, 0.25) is 0 Å². The van der Waals surface area contributed by atoms with Gasteiger partial charge in [-0.1, -0.05) is 26.0 Å². The Morgan fingerprint density at radius 2 is 1.60 bits per heavy atom. The summed E-state index contributed by atoms with van der Waals surface area (Å²) in [6.45, 7) is 5.91. The van der Waals surface area contributed by atoms with Gasteiger partial charge in [0, 0.05) is 23.6 Å². The highest BCUT2D eigenvalue weighted by atomic mass is 16.2. The molecule has 0 unspecified atom stereocenters. The van der Waals surface area contributed by atoms with Crippen molar-refractivity contribution in [3.8, 4) is 6.07 Å². The van der Waals surface area contributed by atoms with Gasteiger partial charge in [-0.2, -0.15) is 5.26 Å². The molecule has 1 heterocycles. The average molecular weight is 333 g/mol. The molecule has 126 valence electrons. The van der Waals surface area contributed by atoms with Crippen LogP contribution in [0, 0.1) is 18.3 Å². The highest BCUT2D eigenvalue weighted by Gasteiger charge is 2.16. The fourth-order valence-electron chi connectivity index (χ4n) is 2.18. The van der Waals surface area contributed by atoms with Crippen LogP contribution in [0.15, 0.2) is 58.4 Å². The third-order valence-electron chi connectivity index (χ3n) is 3.80. The number of hydrogen-bond acceptors (Lipinski definition) is 5. The summed E-state index contributed by atoms with van der Waals surface area (Å²) >= 11 is 0. The smallest absolute Gasteiger partial charge is 0.249 e. The maximum Gasteiger partial charge on any atom is 0.249 e. The zero-order valence-electron chi connectivity index (χ0n) is 14.4. The van der Waals surface area contributed by atoms with E-state index in [4.69, 9.17) is 5.26 Å². The Morgan fingerprint density at radius 3 is 2.08 bits per heavy atom. The zero-order valence-corrected chi connectivity index (χ0v) is 14.4. The van der Waals surface area contributed by atoms with Gasteiger partial charge in [-0.05, 0) is 42.7 Å². The third kappa shape index (κ3) is 4.39. The number of anilines is 2. The average Bonchev–Trinajstić information content (AvgIpc) is 2.66. The number of nitriles is 1. The van der Waals surface area contributed by atoms with E-state index in [1.165, 1.54) is 5.56 Å². The molecule has 0 atom stereocenters. The van der Waals surface area contributed by atoms with E-state index in [0.717, 1.165) is 11.3 Å². The Hall–Kier alpha value is -3.26. The Bertz CT molecular complexity index is 946. The molecule has 0 aliphatic carbocycles. The predicted octanol–water partition coefficient (Wildman–Crippen LogP) is 3.41. The van der Waals surface area contributed by atoms with Crippen molar-refractivity contribution < 1.29 is 0 Å². The molecule has 1 aromatic heterocycles. The third-order valence-corrected chi connectivity index (χ3v) is 3.80. The largest absolute Gasteiger partial charge is 0.352 e. The Kier molecular flexibility index (Phi) is 5.80. The lowest BCUT2D eigenvalue weighted by Gasteiger charge is -2.09. The van der Waals surface area contributed by atoms with Crippen molar-refractivity contribution >= 4 is 11.4 Å². The lowest BCUT2D eigenvalue weighted by molar-refractivity contribution is 0.866. The zero-order chi connectivity index (χ0) is 18.4. The van der Waals surface area contributed by atoms with Gasteiger partial charge in [0.05, 0.1) is 17.3 Å². The van der Waals surface area contributed by atoms with Crippen LogP contribution < -0.4 is 16.2 Å². The molecule has 3 aromatic rings. The molecule has 5 heteroatoms. The van der Waals surface area contributed by atoms with Crippen molar-refractivity contribution in [3.05, 3.63) is 85.9 Å². The van der Waals surface area contributed by atoms with Crippen LogP contribution in [-0.2, 0) is 0 Å². The summed E-state index contributed by atoms with van der Waals surface area (Å²) in [5, 5.41) is 11.4. The van der Waals surface area contributed by atoms with Crippen LogP contribution in [0.25, 0.3) is 0 Å². The predicted molar refractivity (Wildman–Crippen MR) is 98.9 cm³/mol. The summed E-state index contributed by atoms with van der Waals surface area (Å²) in [5.74, 6) is 0.544. The van der Waals surface area contributed by atoms with E-state index in [1.807, 2.05) is 24.3 Å². The molecule has 2 aromatic carbocycles. The fraction of sp³-hybridized carbons (Fsp3) is 0.200. The second-order valence-corrected chi connectivity index (χ2v) is 5.91. The van der Waals surface area contributed by atoms with E-state index in [9.17, 15) is 9.59 Å². The first kappa shape index (κ1) is 18.1. The Labute approximate surface area is 146 Å². The van der Waals surface area contributed by atoms with E-state index < -0.39 is 10.9 Å². The van der Waals surface area contributed by atoms with E-state index in [-0.39, 0.29) is 0 Å². The molecule has 0 saturated heterocycles. The quantitative estimate of drug-likeness (QED) is 0.743. The Morgan fingerprint density at radius 1 is 1.00 bits per heavy atom. The number of pyridine rings is 1. The summed E-state index contributed by atoms with van der Waals surface area (Å²) in [5.41, 5.74) is 2.81. The lowest BCUT2D eigenvalue weighted by Crippen LogP contribution is -2.35. The summed E-state index contributed by atoms with van der Waals surface area (Å²) in [4.78, 5) is 25.8. The summed E-state index contributed by atoms with van der Waals surface area (Å²) in [6, 6.07) is 13.3. The van der Waals surface area contributed by atoms with Gasteiger partial charge in [0.1, 0.15) is 0 Å². The molecule has 0 fully saturated rings. The van der Waals surface area contributed by atoms with Gasteiger partial charge >= 0.3 is 0 Å². The molecule has 0 saturated carbocycles. The molecule has 0 amide bonds. The molecule has 1 N–H and O–H groups in total. The van der Waals surface area contributed by atoms with Crippen LogP contribution in [0.4, 0.5) is 11.4 Å². The van der Waals surface area contributed by atoms with Crippen molar-refractivity contribution in [1.29, 1.82) is 5.26 Å². The van der Waals surface area contributed by atoms with E-state index in [2.05, 4.69) is 30.2 Å². The number of nitrogens with one attached hydrogen (secondary N) is 1. The minimum Gasteiger partial charge on any atom is -0.352 e. The first-order valence-corrected chi connectivity index (χ1v) is 7.91. The van der Waals surface area contributed by atoms with Crippen molar-refractivity contribution in [2.45, 2.75) is 26.7 Å². The summed E-state index contributed by atoms with van der Waals surface area (Å²) < 4.78 is 0. The monoisotopic (exact) mass is 333 g/mol. The molecule has 0 spiro atoms. The molecule has 0 aliphatic rings. The first-order valence-electron chi connectivity index (χ1n) is 7.91. The van der Waals surface area contributed by atoms with Gasteiger partial charge in [-0.3, -0.25) is 14.6 Å². The molecule has 0 radical (unpaired) electrons. The van der Waals surface area contributed by atoms with E-state index in [1.54, 1.807) is 31.5 Å². The van der Waals surface area contributed by atoms with Gasteiger partial charge in [-0.25, -0.2) is 0 Å². The second-order valence-electron chi connectivity index (χ2n) is 5.91. The van der Waals surface area contributed by atoms with Gasteiger partial charge in [0.25, 0.3) is 0 Å². The molecule has 0 aliphatic heterocycles. The van der Waals surface area contributed by atoms with Gasteiger partial charge < -0.3 is 5.32 Å². The van der Waals surface area contributed by atoms with Crippen LogP contribution in [0.1, 0.15) is 36.5 Å². The van der Waals surface area contributed by atoms with Crippen molar-refractivity contribution in [3.63, 3.8) is 0 Å². The maximum atomic E-state index is 11.1. The molecular formula is C20H19N3O2. The highest BCUT2D eigenvalue weighted by Crippen LogP contribution is 2.14. The highest BCUT2D eigenvalue weighted by molar-refractivity contribution is 5.65. The molecule has 0 bridgehead atoms. The molecular weight excluding hydrogens is 314 g/mol. The van der Waals surface area contributed by atoms with E-state index in [0.29, 0.717) is 17.2 Å². The van der Waals surface area contributed by atoms with Crippen LogP contribution >= 0.6 is 0 Å². The summed E-state index contributed by atoms with van der Waals surface area (Å²) in [6.07, 6.45) is 3.23. The molecule has 25 heavy (non-hydrogen) atoms. The van der Waals surface area contributed by atoms with Gasteiger partial charge in [-0.15, -0.1) is 0 Å². The van der Waals surface area contributed by atoms with Crippen molar-refractivity contribution in [2.75, 3.05) is 5.32 Å². The summed E-state index contributed by atoms with van der Waals surface area (Å²) in [7, 11) is 0. The lowest BCUT2D eigenvalue weighted by atomic mass is 10.0. The van der Waals surface area contributed by atoms with Crippen LogP contribution in [-0.4, -0.2) is 4.98 Å². The first-order chi connectivity index (χ1) is 11.9. The minimum absolute atomic E-state index is 0.390. The van der Waals surface area contributed by atoms with Crippen LogP contribution in [0.3, 0.4) is 0 Å². The van der Waals surface area contributed by atoms with Crippen molar-refractivity contribution in [2.24, 2.45) is 0 Å².